The molecule has 112 valence electrons. The van der Waals surface area contributed by atoms with E-state index in [-0.39, 0.29) is 0 Å². The van der Waals surface area contributed by atoms with Crippen LogP contribution in [0.2, 0.25) is 5.15 Å². The van der Waals surface area contributed by atoms with Gasteiger partial charge in [-0.3, -0.25) is 0 Å². The van der Waals surface area contributed by atoms with Gasteiger partial charge in [0.1, 0.15) is 11.8 Å². The van der Waals surface area contributed by atoms with Crippen molar-refractivity contribution in [3.63, 3.8) is 0 Å². The minimum Gasteiger partial charge on any atom is -0.475 e. The molecule has 2 aromatic rings. The maximum absolute atomic E-state index is 6.02. The molecule has 5 heteroatoms. The lowest BCUT2D eigenvalue weighted by atomic mass is 10.2. The van der Waals surface area contributed by atoms with Crippen molar-refractivity contribution in [2.24, 2.45) is 5.92 Å². The molecule has 21 heavy (non-hydrogen) atoms. The number of hydrogen-bond acceptors (Lipinski definition) is 4. The van der Waals surface area contributed by atoms with Gasteiger partial charge in [0.05, 0.1) is 6.61 Å². The normalized spacial score (nSPS) is 10.9. The van der Waals surface area contributed by atoms with E-state index in [0.29, 0.717) is 36.0 Å². The Morgan fingerprint density at radius 1 is 1.10 bits per heavy atom. The smallest absolute Gasteiger partial charge is 0.218 e. The number of hydrogen-bond donors (Lipinski definition) is 0. The van der Waals surface area contributed by atoms with Crippen molar-refractivity contribution in [2.45, 2.75) is 13.8 Å². The Hall–Kier alpha value is -1.65. The fourth-order valence-corrected chi connectivity index (χ4v) is 1.88. The minimum absolute atomic E-state index is 0.363. The van der Waals surface area contributed by atoms with Gasteiger partial charge in [0.15, 0.2) is 5.82 Å². The fraction of sp³-hybridized carbons (Fsp3) is 0.375. The van der Waals surface area contributed by atoms with Gasteiger partial charge in [0.25, 0.3) is 0 Å². The molecule has 0 spiro atoms. The topological polar surface area (TPSA) is 44.2 Å². The molecule has 2 rings (SSSR count). The zero-order valence-corrected chi connectivity index (χ0v) is 13.0. The van der Waals surface area contributed by atoms with E-state index in [0.717, 1.165) is 12.2 Å². The molecule has 0 amide bonds. The summed E-state index contributed by atoms with van der Waals surface area (Å²) < 4.78 is 11.0. The number of nitrogens with zero attached hydrogens (tertiary/aromatic N) is 2. The molecule has 0 saturated carbocycles. The summed E-state index contributed by atoms with van der Waals surface area (Å²) in [5.74, 6) is 1.53. The lowest BCUT2D eigenvalue weighted by Crippen LogP contribution is -2.11. The lowest BCUT2D eigenvalue weighted by molar-refractivity contribution is 0.0806. The summed E-state index contributed by atoms with van der Waals surface area (Å²) in [6.07, 6.45) is 0. The summed E-state index contributed by atoms with van der Waals surface area (Å²) in [6.45, 7) is 5.91. The third kappa shape index (κ3) is 5.33. The van der Waals surface area contributed by atoms with E-state index >= 15 is 0 Å². The molecule has 0 aliphatic heterocycles. The molecule has 0 aliphatic carbocycles. The van der Waals surface area contributed by atoms with Crippen LogP contribution in [0.4, 0.5) is 0 Å². The first-order valence-electron chi connectivity index (χ1n) is 6.95. The van der Waals surface area contributed by atoms with Crippen molar-refractivity contribution in [3.05, 3.63) is 41.6 Å². The van der Waals surface area contributed by atoms with Gasteiger partial charge in [-0.05, 0) is 5.92 Å². The highest BCUT2D eigenvalue weighted by atomic mass is 35.5. The van der Waals surface area contributed by atoms with Gasteiger partial charge in [-0.1, -0.05) is 55.8 Å². The summed E-state index contributed by atoms with van der Waals surface area (Å²) in [5, 5.41) is 0.363. The largest absolute Gasteiger partial charge is 0.475 e. The summed E-state index contributed by atoms with van der Waals surface area (Å²) in [5.41, 5.74) is 0.904. The summed E-state index contributed by atoms with van der Waals surface area (Å²) in [6, 6.07) is 11.3. The van der Waals surface area contributed by atoms with Gasteiger partial charge >= 0.3 is 0 Å². The van der Waals surface area contributed by atoms with E-state index in [2.05, 4.69) is 23.8 Å². The summed E-state index contributed by atoms with van der Waals surface area (Å²) >= 11 is 6.02. The standard InChI is InChI=1S/C16H19ClN2O2/c1-12(2)11-20-8-9-21-15-10-14(17)18-16(19-15)13-6-4-3-5-7-13/h3-7,10,12H,8-9,11H2,1-2H3. The molecule has 1 aromatic heterocycles. The molecule has 0 bridgehead atoms. The second-order valence-corrected chi connectivity index (χ2v) is 5.42. The first-order chi connectivity index (χ1) is 10.1. The molecule has 0 saturated heterocycles. The van der Waals surface area contributed by atoms with Gasteiger partial charge in [0, 0.05) is 18.2 Å². The number of halogens is 1. The van der Waals surface area contributed by atoms with Crippen LogP contribution < -0.4 is 4.74 Å². The van der Waals surface area contributed by atoms with Crippen molar-refractivity contribution >= 4 is 11.6 Å². The van der Waals surface area contributed by atoms with E-state index < -0.39 is 0 Å². The highest BCUT2D eigenvalue weighted by molar-refractivity contribution is 6.29. The van der Waals surface area contributed by atoms with E-state index in [4.69, 9.17) is 21.1 Å². The van der Waals surface area contributed by atoms with Gasteiger partial charge in [-0.15, -0.1) is 0 Å². The van der Waals surface area contributed by atoms with Gasteiger partial charge < -0.3 is 9.47 Å². The predicted octanol–water partition coefficient (Wildman–Crippen LogP) is 3.85. The fourth-order valence-electron chi connectivity index (χ4n) is 1.71. The number of rotatable bonds is 7. The average molecular weight is 307 g/mol. The van der Waals surface area contributed by atoms with Crippen molar-refractivity contribution < 1.29 is 9.47 Å². The minimum atomic E-state index is 0.363. The highest BCUT2D eigenvalue weighted by Crippen LogP contribution is 2.21. The van der Waals surface area contributed by atoms with Crippen LogP contribution >= 0.6 is 11.6 Å². The first-order valence-corrected chi connectivity index (χ1v) is 7.33. The summed E-state index contributed by atoms with van der Waals surface area (Å²) in [4.78, 5) is 8.58. The molecule has 0 aliphatic rings. The molecule has 0 atom stereocenters. The maximum atomic E-state index is 6.02. The third-order valence-electron chi connectivity index (χ3n) is 2.63. The number of ether oxygens (including phenoxy) is 2. The Bertz CT molecular complexity index is 561. The van der Waals surface area contributed by atoms with E-state index in [1.807, 2.05) is 30.3 Å². The van der Waals surface area contributed by atoms with Gasteiger partial charge in [-0.25, -0.2) is 4.98 Å². The van der Waals surface area contributed by atoms with Crippen LogP contribution in [0.15, 0.2) is 36.4 Å². The van der Waals surface area contributed by atoms with Crippen molar-refractivity contribution in [1.82, 2.24) is 9.97 Å². The van der Waals surface area contributed by atoms with Crippen molar-refractivity contribution in [2.75, 3.05) is 19.8 Å². The van der Waals surface area contributed by atoms with Crippen LogP contribution in [-0.2, 0) is 4.74 Å². The Morgan fingerprint density at radius 2 is 1.86 bits per heavy atom. The van der Waals surface area contributed by atoms with Crippen molar-refractivity contribution in [1.29, 1.82) is 0 Å². The molecule has 1 aromatic carbocycles. The third-order valence-corrected chi connectivity index (χ3v) is 2.83. The zero-order chi connectivity index (χ0) is 15.1. The second-order valence-electron chi connectivity index (χ2n) is 5.04. The average Bonchev–Trinajstić information content (AvgIpc) is 2.47. The van der Waals surface area contributed by atoms with Crippen LogP contribution in [0.3, 0.4) is 0 Å². The van der Waals surface area contributed by atoms with Crippen LogP contribution in [0, 0.1) is 5.92 Å². The highest BCUT2D eigenvalue weighted by Gasteiger charge is 2.06. The molecule has 0 fully saturated rings. The Morgan fingerprint density at radius 3 is 2.57 bits per heavy atom. The number of aromatic nitrogens is 2. The maximum Gasteiger partial charge on any atom is 0.218 e. The van der Waals surface area contributed by atoms with Crippen LogP contribution in [0.5, 0.6) is 5.88 Å². The van der Waals surface area contributed by atoms with Gasteiger partial charge in [0.2, 0.25) is 5.88 Å². The molecular weight excluding hydrogens is 288 g/mol. The Labute approximate surface area is 130 Å². The molecule has 0 unspecified atom stereocenters. The molecule has 1 heterocycles. The first kappa shape index (κ1) is 15.7. The second kappa shape index (κ2) is 7.96. The van der Waals surface area contributed by atoms with Gasteiger partial charge in [-0.2, -0.15) is 4.98 Å². The van der Waals surface area contributed by atoms with Crippen LogP contribution in [-0.4, -0.2) is 29.8 Å². The lowest BCUT2D eigenvalue weighted by Gasteiger charge is -2.09. The predicted molar refractivity (Wildman–Crippen MR) is 83.6 cm³/mol. The van der Waals surface area contributed by atoms with E-state index in [9.17, 15) is 0 Å². The zero-order valence-electron chi connectivity index (χ0n) is 12.3. The van der Waals surface area contributed by atoms with E-state index in [1.54, 1.807) is 6.07 Å². The van der Waals surface area contributed by atoms with Crippen LogP contribution in [0.1, 0.15) is 13.8 Å². The quantitative estimate of drug-likeness (QED) is 0.576. The summed E-state index contributed by atoms with van der Waals surface area (Å²) in [7, 11) is 0. The van der Waals surface area contributed by atoms with Crippen molar-refractivity contribution in [3.8, 4) is 17.3 Å². The Balaban J connectivity index is 1.96. The van der Waals surface area contributed by atoms with E-state index in [1.165, 1.54) is 0 Å². The number of benzene rings is 1. The molecular formula is C16H19ClN2O2. The monoisotopic (exact) mass is 306 g/mol. The molecule has 4 nitrogen and oxygen atoms in total. The Kier molecular flexibility index (Phi) is 5.96. The molecule has 0 radical (unpaired) electrons. The molecule has 0 N–H and O–H groups in total. The van der Waals surface area contributed by atoms with Crippen LogP contribution in [0.25, 0.3) is 11.4 Å². The SMILES string of the molecule is CC(C)COCCOc1cc(Cl)nc(-c2ccccc2)n1.